The molecule has 2 aromatic rings. The maximum absolute atomic E-state index is 11.0. The maximum atomic E-state index is 11.0. The Labute approximate surface area is 126 Å². The van der Waals surface area contributed by atoms with Crippen molar-refractivity contribution >= 4 is 15.9 Å². The number of halogens is 1. The van der Waals surface area contributed by atoms with E-state index in [0.717, 1.165) is 4.47 Å². The Morgan fingerprint density at radius 3 is 2.75 bits per heavy atom. The van der Waals surface area contributed by atoms with Crippen LogP contribution in [0.4, 0.5) is 0 Å². The molecule has 1 aromatic carbocycles. The summed E-state index contributed by atoms with van der Waals surface area (Å²) in [5, 5.41) is 24.3. The fourth-order valence-corrected chi connectivity index (χ4v) is 2.88. The summed E-state index contributed by atoms with van der Waals surface area (Å²) in [6, 6.07) is 9.21. The minimum Gasteiger partial charge on any atom is -0.379 e. The second kappa shape index (κ2) is 5.39. The quantitative estimate of drug-likeness (QED) is 0.936. The molecule has 0 bridgehead atoms. The van der Waals surface area contributed by atoms with Crippen molar-refractivity contribution in [3.63, 3.8) is 0 Å². The van der Waals surface area contributed by atoms with Gasteiger partial charge in [0.25, 0.3) is 0 Å². The van der Waals surface area contributed by atoms with Crippen LogP contribution in [-0.4, -0.2) is 14.9 Å². The third kappa shape index (κ3) is 2.49. The zero-order valence-corrected chi connectivity index (χ0v) is 13.2. The predicted molar refractivity (Wildman–Crippen MR) is 80.1 cm³/mol. The molecular weight excluding hydrogens is 318 g/mol. The standard InChI is InChI=1S/C15H16BrN3O/c1-10(2)19-14(13(16)9-18-19)15(3,20)12-6-4-5-11(7-12)8-17/h4-7,9-10,20H,1-3H3. The van der Waals surface area contributed by atoms with Crippen molar-refractivity contribution in [2.24, 2.45) is 0 Å². The van der Waals surface area contributed by atoms with Crippen molar-refractivity contribution in [2.75, 3.05) is 0 Å². The lowest BCUT2D eigenvalue weighted by molar-refractivity contribution is 0.0892. The molecule has 0 saturated carbocycles. The van der Waals surface area contributed by atoms with Gasteiger partial charge in [0.2, 0.25) is 0 Å². The van der Waals surface area contributed by atoms with E-state index in [4.69, 9.17) is 5.26 Å². The Hall–Kier alpha value is -1.64. The third-order valence-corrected chi connectivity index (χ3v) is 3.84. The highest BCUT2D eigenvalue weighted by Gasteiger charge is 2.33. The maximum Gasteiger partial charge on any atom is 0.129 e. The zero-order valence-electron chi connectivity index (χ0n) is 11.6. The second-order valence-electron chi connectivity index (χ2n) is 5.14. The molecule has 20 heavy (non-hydrogen) atoms. The number of benzene rings is 1. The van der Waals surface area contributed by atoms with E-state index in [-0.39, 0.29) is 6.04 Å². The number of rotatable bonds is 3. The first-order valence-corrected chi connectivity index (χ1v) is 7.13. The van der Waals surface area contributed by atoms with E-state index in [9.17, 15) is 5.11 Å². The number of hydrogen-bond donors (Lipinski definition) is 1. The molecular formula is C15H16BrN3O. The van der Waals surface area contributed by atoms with E-state index < -0.39 is 5.60 Å². The summed E-state index contributed by atoms with van der Waals surface area (Å²) in [7, 11) is 0. The molecule has 1 atom stereocenters. The summed E-state index contributed by atoms with van der Waals surface area (Å²) in [6.45, 7) is 5.72. The average Bonchev–Trinajstić information content (AvgIpc) is 2.81. The molecule has 0 aliphatic carbocycles. The highest BCUT2D eigenvalue weighted by Crippen LogP contribution is 2.35. The van der Waals surface area contributed by atoms with Crippen molar-refractivity contribution in [1.82, 2.24) is 9.78 Å². The molecule has 0 aliphatic rings. The first kappa shape index (κ1) is 14.8. The van der Waals surface area contributed by atoms with E-state index in [2.05, 4.69) is 27.1 Å². The first-order valence-electron chi connectivity index (χ1n) is 6.34. The zero-order chi connectivity index (χ0) is 14.9. The Kier molecular flexibility index (Phi) is 3.98. The Morgan fingerprint density at radius 1 is 1.45 bits per heavy atom. The van der Waals surface area contributed by atoms with E-state index in [1.54, 1.807) is 36.0 Å². The highest BCUT2D eigenvalue weighted by molar-refractivity contribution is 9.10. The Morgan fingerprint density at radius 2 is 2.15 bits per heavy atom. The molecule has 0 radical (unpaired) electrons. The van der Waals surface area contributed by atoms with Gasteiger partial charge in [0.05, 0.1) is 28.0 Å². The van der Waals surface area contributed by atoms with Crippen LogP contribution in [0.25, 0.3) is 0 Å². The van der Waals surface area contributed by atoms with Crippen LogP contribution >= 0.6 is 15.9 Å². The fraction of sp³-hybridized carbons (Fsp3) is 0.333. The number of nitrogens with zero attached hydrogens (tertiary/aromatic N) is 3. The van der Waals surface area contributed by atoms with Crippen LogP contribution in [0.3, 0.4) is 0 Å². The summed E-state index contributed by atoms with van der Waals surface area (Å²) in [4.78, 5) is 0. The minimum absolute atomic E-state index is 0.127. The van der Waals surface area contributed by atoms with Gasteiger partial charge in [-0.05, 0) is 54.4 Å². The molecule has 1 heterocycles. The molecule has 0 saturated heterocycles. The number of hydrogen-bond acceptors (Lipinski definition) is 3. The summed E-state index contributed by atoms with van der Waals surface area (Å²) >= 11 is 3.45. The lowest BCUT2D eigenvalue weighted by Crippen LogP contribution is -2.28. The van der Waals surface area contributed by atoms with Crippen LogP contribution in [0.5, 0.6) is 0 Å². The van der Waals surface area contributed by atoms with Gasteiger partial charge in [-0.3, -0.25) is 4.68 Å². The number of nitriles is 1. The third-order valence-electron chi connectivity index (χ3n) is 3.25. The van der Waals surface area contributed by atoms with Crippen LogP contribution in [0.15, 0.2) is 34.9 Å². The first-order chi connectivity index (χ1) is 9.37. The summed E-state index contributed by atoms with van der Waals surface area (Å²) in [5.74, 6) is 0. The Bertz CT molecular complexity index is 668. The normalized spacial score (nSPS) is 14.1. The van der Waals surface area contributed by atoms with Gasteiger partial charge in [0.15, 0.2) is 0 Å². The molecule has 1 unspecified atom stereocenters. The molecule has 104 valence electrons. The van der Waals surface area contributed by atoms with Gasteiger partial charge in [-0.1, -0.05) is 12.1 Å². The predicted octanol–water partition coefficient (Wildman–Crippen LogP) is 3.35. The molecule has 0 fully saturated rings. The summed E-state index contributed by atoms with van der Waals surface area (Å²) in [6.07, 6.45) is 1.68. The van der Waals surface area contributed by atoms with Gasteiger partial charge in [-0.15, -0.1) is 0 Å². The van der Waals surface area contributed by atoms with Crippen molar-refractivity contribution in [3.8, 4) is 6.07 Å². The minimum atomic E-state index is -1.23. The van der Waals surface area contributed by atoms with Crippen molar-refractivity contribution in [3.05, 3.63) is 51.8 Å². The Balaban J connectivity index is 2.60. The topological polar surface area (TPSA) is 61.8 Å². The van der Waals surface area contributed by atoms with Crippen molar-refractivity contribution in [1.29, 1.82) is 5.26 Å². The van der Waals surface area contributed by atoms with E-state index in [1.165, 1.54) is 0 Å². The summed E-state index contributed by atoms with van der Waals surface area (Å²) in [5.41, 5.74) is 0.642. The lowest BCUT2D eigenvalue weighted by Gasteiger charge is -2.27. The van der Waals surface area contributed by atoms with E-state index >= 15 is 0 Å². The largest absolute Gasteiger partial charge is 0.379 e. The molecule has 0 spiro atoms. The lowest BCUT2D eigenvalue weighted by atomic mass is 9.91. The average molecular weight is 334 g/mol. The highest BCUT2D eigenvalue weighted by atomic mass is 79.9. The fourth-order valence-electron chi connectivity index (χ4n) is 2.22. The van der Waals surface area contributed by atoms with Crippen LogP contribution in [-0.2, 0) is 5.60 Å². The molecule has 1 N–H and O–H groups in total. The molecule has 0 amide bonds. The molecule has 5 heteroatoms. The smallest absolute Gasteiger partial charge is 0.129 e. The molecule has 1 aromatic heterocycles. The van der Waals surface area contributed by atoms with Gasteiger partial charge in [-0.2, -0.15) is 10.4 Å². The van der Waals surface area contributed by atoms with Crippen LogP contribution in [0.2, 0.25) is 0 Å². The number of aliphatic hydroxyl groups is 1. The van der Waals surface area contributed by atoms with Crippen LogP contribution in [0.1, 0.15) is 43.6 Å². The van der Waals surface area contributed by atoms with Crippen LogP contribution < -0.4 is 0 Å². The van der Waals surface area contributed by atoms with Gasteiger partial charge in [-0.25, -0.2) is 0 Å². The molecule has 4 nitrogen and oxygen atoms in total. The second-order valence-corrected chi connectivity index (χ2v) is 6.00. The summed E-state index contributed by atoms with van der Waals surface area (Å²) < 4.78 is 2.53. The number of aromatic nitrogens is 2. The van der Waals surface area contributed by atoms with Crippen LogP contribution in [0, 0.1) is 11.3 Å². The molecule has 0 aliphatic heterocycles. The van der Waals surface area contributed by atoms with Gasteiger partial charge >= 0.3 is 0 Å². The molecule has 2 rings (SSSR count). The van der Waals surface area contributed by atoms with Crippen molar-refractivity contribution in [2.45, 2.75) is 32.4 Å². The van der Waals surface area contributed by atoms with Gasteiger partial charge in [0.1, 0.15) is 5.60 Å². The van der Waals surface area contributed by atoms with E-state index in [1.807, 2.05) is 19.9 Å². The van der Waals surface area contributed by atoms with Crippen molar-refractivity contribution < 1.29 is 5.11 Å². The SMILES string of the molecule is CC(C)n1ncc(Br)c1C(C)(O)c1cccc(C#N)c1. The van der Waals surface area contributed by atoms with Gasteiger partial charge < -0.3 is 5.11 Å². The van der Waals surface area contributed by atoms with Gasteiger partial charge in [0, 0.05) is 6.04 Å². The monoisotopic (exact) mass is 333 g/mol. The van der Waals surface area contributed by atoms with E-state index in [0.29, 0.717) is 16.8 Å².